The summed E-state index contributed by atoms with van der Waals surface area (Å²) in [7, 11) is 0. The van der Waals surface area contributed by atoms with Crippen LogP contribution in [0.4, 0.5) is 0 Å². The summed E-state index contributed by atoms with van der Waals surface area (Å²) in [5, 5.41) is 0. The number of halogens is 1. The van der Waals surface area contributed by atoms with Crippen molar-refractivity contribution in [3.63, 3.8) is 0 Å². The molecule has 0 N–H and O–H groups in total. The molecule has 4 heteroatoms. The molecule has 0 aromatic rings. The molecular weight excluding hydrogens is 425 g/mol. The van der Waals surface area contributed by atoms with Gasteiger partial charge in [-0.1, -0.05) is 67.5 Å². The fourth-order valence-electron chi connectivity index (χ4n) is 3.59. The molecule has 1 heterocycles. The van der Waals surface area contributed by atoms with Crippen LogP contribution in [0.2, 0.25) is 0 Å². The average Bonchev–Trinajstić information content (AvgIpc) is 2.93. The molecule has 0 radical (unpaired) electrons. The van der Waals surface area contributed by atoms with Crippen LogP contribution < -0.4 is 0 Å². The Hall–Kier alpha value is -0.390. The van der Waals surface area contributed by atoms with Gasteiger partial charge < -0.3 is 4.90 Å². The number of ketones is 1. The maximum absolute atomic E-state index is 12.2. The summed E-state index contributed by atoms with van der Waals surface area (Å²) in [4.78, 5) is 26.0. The molecule has 0 aromatic heterocycles. The summed E-state index contributed by atoms with van der Waals surface area (Å²) in [5.74, 6) is 0.0834. The second-order valence-electron chi connectivity index (χ2n) is 7.44. The Morgan fingerprint density at radius 3 is 1.84 bits per heavy atom. The fourth-order valence-corrected chi connectivity index (χ4v) is 4.13. The first-order chi connectivity index (χ1) is 12.1. The van der Waals surface area contributed by atoms with Crippen molar-refractivity contribution >= 4 is 34.3 Å². The van der Waals surface area contributed by atoms with Gasteiger partial charge in [-0.2, -0.15) is 0 Å². The standard InChI is InChI=1S/C21H36INO2/c1-18-13-14-19(2)23(18)21(25)16-15-20(24)12-10-8-6-4-3-5-7-9-11-17-22/h15-16,18-19H,3-14,17H2,1-2H3/b16-15+/t18-,19-/m1/s1. The quantitative estimate of drug-likeness (QED) is 0.149. The van der Waals surface area contributed by atoms with Crippen molar-refractivity contribution in [2.45, 2.75) is 103 Å². The molecule has 1 aliphatic heterocycles. The van der Waals surface area contributed by atoms with Gasteiger partial charge in [-0.15, -0.1) is 0 Å². The van der Waals surface area contributed by atoms with E-state index in [1.54, 1.807) is 0 Å². The molecular formula is C21H36INO2. The molecule has 0 bridgehead atoms. The van der Waals surface area contributed by atoms with Crippen molar-refractivity contribution in [1.82, 2.24) is 4.90 Å². The second-order valence-corrected chi connectivity index (χ2v) is 8.52. The summed E-state index contributed by atoms with van der Waals surface area (Å²) in [6, 6.07) is 0.590. The first-order valence-corrected chi connectivity index (χ1v) is 11.7. The Bertz CT molecular complexity index is 412. The van der Waals surface area contributed by atoms with E-state index in [4.69, 9.17) is 0 Å². The lowest BCUT2D eigenvalue weighted by atomic mass is 10.1. The molecule has 3 nitrogen and oxygen atoms in total. The molecule has 0 aromatic carbocycles. The SMILES string of the molecule is C[C@@H]1CC[C@@H](C)N1C(=O)/C=C/C(=O)CCCCCCCCCCCI. The Balaban J connectivity index is 2.04. The number of alkyl halides is 1. The van der Waals surface area contributed by atoms with Crippen LogP contribution in [0, 0.1) is 0 Å². The van der Waals surface area contributed by atoms with Crippen molar-refractivity contribution in [3.8, 4) is 0 Å². The Labute approximate surface area is 168 Å². The van der Waals surface area contributed by atoms with E-state index in [1.807, 2.05) is 4.90 Å². The molecule has 0 unspecified atom stereocenters. The van der Waals surface area contributed by atoms with Gasteiger partial charge >= 0.3 is 0 Å². The number of allylic oxidation sites excluding steroid dienone is 1. The van der Waals surface area contributed by atoms with Gasteiger partial charge in [0.25, 0.3) is 0 Å². The van der Waals surface area contributed by atoms with E-state index >= 15 is 0 Å². The topological polar surface area (TPSA) is 37.4 Å². The predicted octanol–water partition coefficient (Wildman–Crippen LogP) is 5.85. The molecule has 0 aliphatic carbocycles. The van der Waals surface area contributed by atoms with Crippen LogP contribution in [0.25, 0.3) is 0 Å². The molecule has 2 atom stereocenters. The predicted molar refractivity (Wildman–Crippen MR) is 114 cm³/mol. The zero-order chi connectivity index (χ0) is 18.5. The third-order valence-corrected chi connectivity index (χ3v) is 5.94. The van der Waals surface area contributed by atoms with Crippen LogP contribution >= 0.6 is 22.6 Å². The molecule has 1 amide bonds. The Morgan fingerprint density at radius 2 is 1.32 bits per heavy atom. The van der Waals surface area contributed by atoms with E-state index in [9.17, 15) is 9.59 Å². The minimum atomic E-state index is -0.00610. The maximum Gasteiger partial charge on any atom is 0.247 e. The summed E-state index contributed by atoms with van der Waals surface area (Å²) < 4.78 is 1.28. The normalized spacial score (nSPS) is 20.5. The van der Waals surface area contributed by atoms with Gasteiger partial charge in [-0.3, -0.25) is 9.59 Å². The first-order valence-electron chi connectivity index (χ1n) is 10.2. The van der Waals surface area contributed by atoms with E-state index in [0.717, 1.165) is 25.7 Å². The van der Waals surface area contributed by atoms with Crippen LogP contribution in [0.3, 0.4) is 0 Å². The molecule has 25 heavy (non-hydrogen) atoms. The highest BCUT2D eigenvalue weighted by atomic mass is 127. The van der Waals surface area contributed by atoms with Gasteiger partial charge in [0, 0.05) is 24.6 Å². The monoisotopic (exact) mass is 461 g/mol. The van der Waals surface area contributed by atoms with Gasteiger partial charge in [0.2, 0.25) is 5.91 Å². The van der Waals surface area contributed by atoms with Gasteiger partial charge in [0.05, 0.1) is 0 Å². The first kappa shape index (κ1) is 22.7. The molecule has 144 valence electrons. The van der Waals surface area contributed by atoms with Gasteiger partial charge in [-0.25, -0.2) is 0 Å². The van der Waals surface area contributed by atoms with Crippen LogP contribution in [-0.4, -0.2) is 33.1 Å². The molecule has 1 rings (SSSR count). The lowest BCUT2D eigenvalue weighted by Crippen LogP contribution is -2.37. The number of likely N-dealkylation sites (tertiary alicyclic amines) is 1. The minimum Gasteiger partial charge on any atom is -0.334 e. The highest BCUT2D eigenvalue weighted by Gasteiger charge is 2.29. The maximum atomic E-state index is 12.2. The van der Waals surface area contributed by atoms with Crippen LogP contribution in [-0.2, 0) is 9.59 Å². The van der Waals surface area contributed by atoms with E-state index in [1.165, 1.54) is 61.5 Å². The third kappa shape index (κ3) is 9.76. The average molecular weight is 461 g/mol. The highest BCUT2D eigenvalue weighted by molar-refractivity contribution is 14.1. The number of amides is 1. The number of nitrogens with zero attached hydrogens (tertiary/aromatic N) is 1. The van der Waals surface area contributed by atoms with Crippen LogP contribution in [0.1, 0.15) is 90.9 Å². The van der Waals surface area contributed by atoms with E-state index in [-0.39, 0.29) is 11.7 Å². The lowest BCUT2D eigenvalue weighted by molar-refractivity contribution is -0.128. The van der Waals surface area contributed by atoms with E-state index in [0.29, 0.717) is 18.5 Å². The molecule has 1 aliphatic rings. The van der Waals surface area contributed by atoms with Crippen molar-refractivity contribution < 1.29 is 9.59 Å². The number of rotatable bonds is 13. The van der Waals surface area contributed by atoms with E-state index in [2.05, 4.69) is 36.4 Å². The Morgan fingerprint density at radius 1 is 0.840 bits per heavy atom. The zero-order valence-electron chi connectivity index (χ0n) is 16.1. The second kappa shape index (κ2) is 13.8. The smallest absolute Gasteiger partial charge is 0.247 e. The molecule has 0 spiro atoms. The fraction of sp³-hybridized carbons (Fsp3) is 0.810. The van der Waals surface area contributed by atoms with E-state index < -0.39 is 0 Å². The van der Waals surface area contributed by atoms with Crippen molar-refractivity contribution in [3.05, 3.63) is 12.2 Å². The van der Waals surface area contributed by atoms with Gasteiger partial charge in [0.1, 0.15) is 0 Å². The molecule has 1 fully saturated rings. The molecule has 0 saturated carbocycles. The van der Waals surface area contributed by atoms with Gasteiger partial charge in [0.15, 0.2) is 5.78 Å². The van der Waals surface area contributed by atoms with Gasteiger partial charge in [-0.05, 0) is 50.0 Å². The van der Waals surface area contributed by atoms with Crippen molar-refractivity contribution in [1.29, 1.82) is 0 Å². The summed E-state index contributed by atoms with van der Waals surface area (Å²) >= 11 is 2.44. The largest absolute Gasteiger partial charge is 0.334 e. The minimum absolute atomic E-state index is 0.00610. The number of carbonyl (C=O) groups is 2. The number of carbonyl (C=O) groups excluding carboxylic acids is 2. The highest BCUT2D eigenvalue weighted by Crippen LogP contribution is 2.23. The summed E-state index contributed by atoms with van der Waals surface area (Å²) in [6.07, 6.45) is 17.0. The number of hydrogen-bond acceptors (Lipinski definition) is 2. The summed E-state index contributed by atoms with van der Waals surface area (Å²) in [6.45, 7) is 4.17. The lowest BCUT2D eigenvalue weighted by Gasteiger charge is -2.24. The summed E-state index contributed by atoms with van der Waals surface area (Å²) in [5.41, 5.74) is 0. The molecule has 1 saturated heterocycles. The van der Waals surface area contributed by atoms with Crippen molar-refractivity contribution in [2.24, 2.45) is 0 Å². The van der Waals surface area contributed by atoms with Crippen molar-refractivity contribution in [2.75, 3.05) is 4.43 Å². The van der Waals surface area contributed by atoms with Crippen LogP contribution in [0.5, 0.6) is 0 Å². The zero-order valence-corrected chi connectivity index (χ0v) is 18.3. The Kier molecular flexibility index (Phi) is 12.5. The van der Waals surface area contributed by atoms with Crippen LogP contribution in [0.15, 0.2) is 12.2 Å². The number of hydrogen-bond donors (Lipinski definition) is 0. The number of unbranched alkanes of at least 4 members (excludes halogenated alkanes) is 8. The third-order valence-electron chi connectivity index (χ3n) is 5.18.